The second-order valence-electron chi connectivity index (χ2n) is 7.96. The van der Waals surface area contributed by atoms with E-state index in [0.29, 0.717) is 5.75 Å². The van der Waals surface area contributed by atoms with Crippen LogP contribution in [0.15, 0.2) is 53.7 Å². The van der Waals surface area contributed by atoms with E-state index in [1.54, 1.807) is 0 Å². The van der Waals surface area contributed by atoms with Gasteiger partial charge in [-0.1, -0.05) is 55.9 Å². The average Bonchev–Trinajstić information content (AvgIpc) is 3.47. The SMILES string of the molecule is CCc1ccc(CC)c(C(=O)CSc2nnc(CN3CCCC3)n2-c2ccccc2)c1. The Bertz CT molecular complexity index is 1030. The minimum absolute atomic E-state index is 0.154. The molecule has 0 aliphatic carbocycles. The number of Topliss-reactive ketones (excluding diaryl/α,β-unsaturated/α-hetero) is 1. The molecule has 1 aromatic heterocycles. The minimum Gasteiger partial charge on any atom is -0.296 e. The van der Waals surface area contributed by atoms with Gasteiger partial charge in [-0.2, -0.15) is 0 Å². The lowest BCUT2D eigenvalue weighted by Crippen LogP contribution is -2.21. The molecule has 0 N–H and O–H groups in total. The lowest BCUT2D eigenvalue weighted by molar-refractivity contribution is 0.102. The highest BCUT2D eigenvalue weighted by Crippen LogP contribution is 2.25. The molecule has 2 heterocycles. The molecule has 3 aromatic rings. The van der Waals surface area contributed by atoms with Gasteiger partial charge in [0.05, 0.1) is 12.3 Å². The summed E-state index contributed by atoms with van der Waals surface area (Å²) in [5.41, 5.74) is 4.20. The third-order valence-electron chi connectivity index (χ3n) is 5.87. The summed E-state index contributed by atoms with van der Waals surface area (Å²) < 4.78 is 2.11. The van der Waals surface area contributed by atoms with Crippen molar-refractivity contribution in [2.24, 2.45) is 0 Å². The van der Waals surface area contributed by atoms with Crippen molar-refractivity contribution in [3.05, 3.63) is 71.0 Å². The van der Waals surface area contributed by atoms with Crippen LogP contribution in [-0.4, -0.2) is 44.3 Å². The van der Waals surface area contributed by atoms with Crippen LogP contribution in [0, 0.1) is 0 Å². The summed E-state index contributed by atoms with van der Waals surface area (Å²) in [6.45, 7) is 7.22. The molecule has 31 heavy (non-hydrogen) atoms. The van der Waals surface area contributed by atoms with Gasteiger partial charge in [-0.05, 0) is 68.1 Å². The summed E-state index contributed by atoms with van der Waals surface area (Å²) >= 11 is 1.48. The Morgan fingerprint density at radius 1 is 1.00 bits per heavy atom. The van der Waals surface area contributed by atoms with Gasteiger partial charge in [0, 0.05) is 11.3 Å². The predicted molar refractivity (Wildman–Crippen MR) is 126 cm³/mol. The number of hydrogen-bond donors (Lipinski definition) is 0. The van der Waals surface area contributed by atoms with Crippen LogP contribution in [0.25, 0.3) is 5.69 Å². The number of thioether (sulfide) groups is 1. The number of aromatic nitrogens is 3. The number of para-hydroxylation sites is 1. The van der Waals surface area contributed by atoms with Gasteiger partial charge in [-0.3, -0.25) is 14.3 Å². The summed E-state index contributed by atoms with van der Waals surface area (Å²) in [6, 6.07) is 16.5. The summed E-state index contributed by atoms with van der Waals surface area (Å²) in [6.07, 6.45) is 4.27. The molecular formula is C25H30N4OS. The fourth-order valence-electron chi connectivity index (χ4n) is 4.09. The number of nitrogens with zero attached hydrogens (tertiary/aromatic N) is 4. The highest BCUT2D eigenvalue weighted by Gasteiger charge is 2.20. The van der Waals surface area contributed by atoms with Crippen molar-refractivity contribution < 1.29 is 4.79 Å². The number of likely N-dealkylation sites (tertiary alicyclic amines) is 1. The molecule has 6 heteroatoms. The number of benzene rings is 2. The van der Waals surface area contributed by atoms with E-state index in [2.05, 4.69) is 63.8 Å². The van der Waals surface area contributed by atoms with E-state index in [-0.39, 0.29) is 5.78 Å². The number of carbonyl (C=O) groups excluding carboxylic acids is 1. The van der Waals surface area contributed by atoms with Gasteiger partial charge in [0.2, 0.25) is 0 Å². The molecule has 0 saturated carbocycles. The lowest BCUT2D eigenvalue weighted by atomic mass is 9.98. The van der Waals surface area contributed by atoms with Gasteiger partial charge in [-0.25, -0.2) is 0 Å². The van der Waals surface area contributed by atoms with Crippen molar-refractivity contribution in [2.75, 3.05) is 18.8 Å². The molecule has 5 nitrogen and oxygen atoms in total. The topological polar surface area (TPSA) is 51.0 Å². The van der Waals surface area contributed by atoms with Crippen LogP contribution < -0.4 is 0 Å². The molecule has 0 radical (unpaired) electrons. The second kappa shape index (κ2) is 10.2. The molecule has 0 atom stereocenters. The van der Waals surface area contributed by atoms with Crippen LogP contribution >= 0.6 is 11.8 Å². The molecule has 1 saturated heterocycles. The molecule has 0 spiro atoms. The maximum absolute atomic E-state index is 13.1. The number of ketones is 1. The van der Waals surface area contributed by atoms with Gasteiger partial charge in [0.25, 0.3) is 0 Å². The van der Waals surface area contributed by atoms with Crippen molar-refractivity contribution in [1.82, 2.24) is 19.7 Å². The molecule has 2 aromatic carbocycles. The normalized spacial score (nSPS) is 14.3. The number of hydrogen-bond acceptors (Lipinski definition) is 5. The Kier molecular flexibility index (Phi) is 7.20. The van der Waals surface area contributed by atoms with Crippen molar-refractivity contribution in [2.45, 2.75) is 51.2 Å². The lowest BCUT2D eigenvalue weighted by Gasteiger charge is -2.16. The minimum atomic E-state index is 0.154. The monoisotopic (exact) mass is 434 g/mol. The molecule has 162 valence electrons. The van der Waals surface area contributed by atoms with Crippen LogP contribution in [0.5, 0.6) is 0 Å². The zero-order valence-corrected chi connectivity index (χ0v) is 19.2. The summed E-state index contributed by atoms with van der Waals surface area (Å²) in [5, 5.41) is 9.76. The first-order chi connectivity index (χ1) is 15.2. The van der Waals surface area contributed by atoms with E-state index in [4.69, 9.17) is 0 Å². The molecule has 1 aliphatic rings. The van der Waals surface area contributed by atoms with E-state index in [9.17, 15) is 4.79 Å². The number of carbonyl (C=O) groups is 1. The van der Waals surface area contributed by atoms with Gasteiger partial charge >= 0.3 is 0 Å². The Morgan fingerprint density at radius 3 is 2.48 bits per heavy atom. The highest BCUT2D eigenvalue weighted by molar-refractivity contribution is 7.99. The van der Waals surface area contributed by atoms with E-state index in [1.165, 1.54) is 30.2 Å². The van der Waals surface area contributed by atoms with E-state index in [0.717, 1.165) is 60.3 Å². The Balaban J connectivity index is 1.57. The van der Waals surface area contributed by atoms with Gasteiger partial charge < -0.3 is 0 Å². The molecule has 1 aliphatic heterocycles. The maximum Gasteiger partial charge on any atom is 0.196 e. The predicted octanol–water partition coefficient (Wildman–Crippen LogP) is 4.96. The van der Waals surface area contributed by atoms with Crippen LogP contribution in [0.1, 0.15) is 54.0 Å². The van der Waals surface area contributed by atoms with Crippen molar-refractivity contribution >= 4 is 17.5 Å². The largest absolute Gasteiger partial charge is 0.296 e. The Labute approximate surface area is 188 Å². The maximum atomic E-state index is 13.1. The van der Waals surface area contributed by atoms with Crippen molar-refractivity contribution in [3.63, 3.8) is 0 Å². The van der Waals surface area contributed by atoms with Crippen molar-refractivity contribution in [3.8, 4) is 5.69 Å². The van der Waals surface area contributed by atoms with Crippen LogP contribution in [0.4, 0.5) is 0 Å². The van der Waals surface area contributed by atoms with Gasteiger partial charge in [0.1, 0.15) is 0 Å². The molecular weight excluding hydrogens is 404 g/mol. The fourth-order valence-corrected chi connectivity index (χ4v) is 4.95. The van der Waals surface area contributed by atoms with Crippen molar-refractivity contribution in [1.29, 1.82) is 0 Å². The van der Waals surface area contributed by atoms with E-state index >= 15 is 0 Å². The number of aryl methyl sites for hydroxylation is 2. The van der Waals surface area contributed by atoms with Crippen LogP contribution in [0.2, 0.25) is 0 Å². The van der Waals surface area contributed by atoms with Crippen LogP contribution in [0.3, 0.4) is 0 Å². The zero-order valence-electron chi connectivity index (χ0n) is 18.4. The Hall–Kier alpha value is -2.44. The first-order valence-corrected chi connectivity index (χ1v) is 12.2. The zero-order chi connectivity index (χ0) is 21.6. The average molecular weight is 435 g/mol. The van der Waals surface area contributed by atoms with Gasteiger partial charge in [0.15, 0.2) is 16.8 Å². The molecule has 0 amide bonds. The summed E-state index contributed by atoms with van der Waals surface area (Å²) in [4.78, 5) is 15.5. The fraction of sp³-hybridized carbons (Fsp3) is 0.400. The molecule has 1 fully saturated rings. The van der Waals surface area contributed by atoms with Gasteiger partial charge in [-0.15, -0.1) is 10.2 Å². The smallest absolute Gasteiger partial charge is 0.196 e. The third-order valence-corrected chi connectivity index (χ3v) is 6.80. The quantitative estimate of drug-likeness (QED) is 0.352. The highest BCUT2D eigenvalue weighted by atomic mass is 32.2. The third kappa shape index (κ3) is 5.08. The number of rotatable bonds is 9. The van der Waals surface area contributed by atoms with E-state index < -0.39 is 0 Å². The summed E-state index contributed by atoms with van der Waals surface area (Å²) in [5.74, 6) is 1.45. The van der Waals surface area contributed by atoms with E-state index in [1.807, 2.05) is 18.2 Å². The molecule has 0 unspecified atom stereocenters. The first kappa shape index (κ1) is 21.8. The molecule has 4 rings (SSSR count). The summed E-state index contributed by atoms with van der Waals surface area (Å²) in [7, 11) is 0. The van der Waals surface area contributed by atoms with Crippen LogP contribution in [-0.2, 0) is 19.4 Å². The second-order valence-corrected chi connectivity index (χ2v) is 8.91. The standard InChI is InChI=1S/C25H30N4OS/c1-3-19-12-13-20(4-2)22(16-19)23(30)18-31-25-27-26-24(17-28-14-8-9-15-28)29(25)21-10-6-5-7-11-21/h5-7,10-13,16H,3-4,8-9,14-15,17-18H2,1-2H3. The molecule has 0 bridgehead atoms. The Morgan fingerprint density at radius 2 is 1.77 bits per heavy atom. The first-order valence-electron chi connectivity index (χ1n) is 11.2.